The third kappa shape index (κ3) is 3.98. The zero-order valence-electron chi connectivity index (χ0n) is 15.1. The largest absolute Gasteiger partial charge is 0.496 e. The van der Waals surface area contributed by atoms with Gasteiger partial charge in [0.1, 0.15) is 17.4 Å². The highest BCUT2D eigenvalue weighted by Gasteiger charge is 2.27. The number of halogens is 1. The Hall–Kier alpha value is -2.79. The minimum atomic E-state index is 0.332. The zero-order chi connectivity index (χ0) is 18.6. The lowest BCUT2D eigenvalue weighted by atomic mass is 9.95. The van der Waals surface area contributed by atoms with Gasteiger partial charge in [-0.05, 0) is 41.8 Å². The van der Waals surface area contributed by atoms with Gasteiger partial charge in [-0.2, -0.15) is 0 Å². The third-order valence-corrected chi connectivity index (χ3v) is 5.04. The molecule has 0 amide bonds. The molecular weight excluding hydrogens is 360 g/mol. The first kappa shape index (κ1) is 17.6. The van der Waals surface area contributed by atoms with Crippen LogP contribution in [0.2, 0.25) is 5.02 Å². The molecule has 1 unspecified atom stereocenters. The maximum Gasteiger partial charge on any atom is 0.133 e. The van der Waals surface area contributed by atoms with Crippen LogP contribution >= 0.6 is 11.6 Å². The molecule has 0 fully saturated rings. The van der Waals surface area contributed by atoms with Gasteiger partial charge in [0.05, 0.1) is 7.11 Å². The van der Waals surface area contributed by atoms with E-state index >= 15 is 0 Å². The van der Waals surface area contributed by atoms with Crippen molar-refractivity contribution in [1.82, 2.24) is 9.97 Å². The number of hydrogen-bond donors (Lipinski definition) is 2. The molecule has 4 rings (SSSR count). The lowest BCUT2D eigenvalue weighted by Crippen LogP contribution is -2.07. The highest BCUT2D eigenvalue weighted by Crippen LogP contribution is 2.38. The van der Waals surface area contributed by atoms with E-state index in [-0.39, 0.29) is 0 Å². The van der Waals surface area contributed by atoms with E-state index in [9.17, 15) is 0 Å². The van der Waals surface area contributed by atoms with E-state index in [2.05, 4.69) is 26.7 Å². The molecule has 1 aromatic carbocycles. The van der Waals surface area contributed by atoms with Crippen LogP contribution < -0.4 is 15.4 Å². The normalized spacial score (nSPS) is 15.1. The van der Waals surface area contributed by atoms with Crippen molar-refractivity contribution >= 4 is 23.2 Å². The van der Waals surface area contributed by atoms with E-state index < -0.39 is 0 Å². The molecule has 1 aliphatic rings. The summed E-state index contributed by atoms with van der Waals surface area (Å²) in [6, 6.07) is 13.9. The molecule has 2 N–H and O–H groups in total. The van der Waals surface area contributed by atoms with Gasteiger partial charge >= 0.3 is 0 Å². The van der Waals surface area contributed by atoms with E-state index in [0.717, 1.165) is 40.9 Å². The van der Waals surface area contributed by atoms with Crippen molar-refractivity contribution in [2.24, 2.45) is 0 Å². The smallest absolute Gasteiger partial charge is 0.133 e. The number of rotatable bonds is 6. The molecule has 2 aromatic heterocycles. The quantitative estimate of drug-likeness (QED) is 0.659. The second-order valence-corrected chi connectivity index (χ2v) is 7.03. The van der Waals surface area contributed by atoms with E-state index in [0.29, 0.717) is 12.5 Å². The number of aromatic nitrogens is 2. The Morgan fingerprint density at radius 2 is 1.93 bits per heavy atom. The summed E-state index contributed by atoms with van der Waals surface area (Å²) in [5, 5.41) is 7.45. The summed E-state index contributed by atoms with van der Waals surface area (Å²) in [7, 11) is 1.70. The van der Waals surface area contributed by atoms with Crippen molar-refractivity contribution in [1.29, 1.82) is 0 Å². The average Bonchev–Trinajstić information content (AvgIpc) is 3.12. The summed E-state index contributed by atoms with van der Waals surface area (Å²) in [5.41, 5.74) is 3.51. The highest BCUT2D eigenvalue weighted by atomic mass is 35.5. The Balaban J connectivity index is 1.40. The maximum atomic E-state index is 5.92. The van der Waals surface area contributed by atoms with Crippen molar-refractivity contribution < 1.29 is 4.74 Å². The summed E-state index contributed by atoms with van der Waals surface area (Å²) >= 11 is 5.92. The Morgan fingerprint density at radius 1 is 1.11 bits per heavy atom. The average molecular weight is 381 g/mol. The number of benzene rings is 1. The van der Waals surface area contributed by atoms with E-state index in [1.165, 1.54) is 11.1 Å². The standard InChI is InChI=1S/C21H21ClN4O/c1-27-18-8-9-23-21-20(18)16(13-26-21)10-15-4-7-19(25-12-15)24-11-14-2-5-17(22)6-3-14/h2-9,12,16H,10-11,13H2,1H3,(H,23,26)(H,24,25). The minimum absolute atomic E-state index is 0.332. The molecule has 0 spiro atoms. The molecule has 5 nitrogen and oxygen atoms in total. The van der Waals surface area contributed by atoms with Gasteiger partial charge in [-0.3, -0.25) is 0 Å². The van der Waals surface area contributed by atoms with Crippen LogP contribution in [-0.4, -0.2) is 23.6 Å². The monoisotopic (exact) mass is 380 g/mol. The number of ether oxygens (including phenoxy) is 1. The summed E-state index contributed by atoms with van der Waals surface area (Å²) < 4.78 is 5.51. The van der Waals surface area contributed by atoms with Gasteiger partial charge in [0, 0.05) is 42.0 Å². The number of methoxy groups -OCH3 is 1. The predicted molar refractivity (Wildman–Crippen MR) is 109 cm³/mol. The van der Waals surface area contributed by atoms with Gasteiger partial charge in [0.2, 0.25) is 0 Å². The van der Waals surface area contributed by atoms with Crippen LogP contribution in [0.5, 0.6) is 5.75 Å². The molecular formula is C21H21ClN4O. The molecule has 6 heteroatoms. The number of nitrogens with one attached hydrogen (secondary N) is 2. The summed E-state index contributed by atoms with van der Waals surface area (Å²) in [6.45, 7) is 1.57. The summed E-state index contributed by atoms with van der Waals surface area (Å²) in [4.78, 5) is 8.95. The van der Waals surface area contributed by atoms with Crippen LogP contribution in [0, 0.1) is 0 Å². The second kappa shape index (κ2) is 7.84. The van der Waals surface area contributed by atoms with Gasteiger partial charge in [0.15, 0.2) is 0 Å². The Kier molecular flexibility index (Phi) is 5.12. The third-order valence-electron chi connectivity index (χ3n) is 4.79. The Bertz CT molecular complexity index is 912. The van der Waals surface area contributed by atoms with Crippen molar-refractivity contribution in [2.75, 3.05) is 24.3 Å². The molecule has 0 bridgehead atoms. The van der Waals surface area contributed by atoms with Crippen LogP contribution in [0.25, 0.3) is 0 Å². The van der Waals surface area contributed by atoms with E-state index in [4.69, 9.17) is 16.3 Å². The van der Waals surface area contributed by atoms with Crippen LogP contribution in [0.3, 0.4) is 0 Å². The van der Waals surface area contributed by atoms with E-state index in [1.54, 1.807) is 13.3 Å². The molecule has 0 saturated heterocycles. The van der Waals surface area contributed by atoms with Gasteiger partial charge in [-0.15, -0.1) is 0 Å². The van der Waals surface area contributed by atoms with Crippen molar-refractivity contribution in [3.63, 3.8) is 0 Å². The molecule has 27 heavy (non-hydrogen) atoms. The Labute approximate surface area is 163 Å². The lowest BCUT2D eigenvalue weighted by molar-refractivity contribution is 0.407. The topological polar surface area (TPSA) is 59.1 Å². The fourth-order valence-electron chi connectivity index (χ4n) is 3.39. The first-order valence-corrected chi connectivity index (χ1v) is 9.31. The molecule has 3 heterocycles. The van der Waals surface area contributed by atoms with Crippen LogP contribution in [0.15, 0.2) is 54.9 Å². The fourth-order valence-corrected chi connectivity index (χ4v) is 3.52. The fraction of sp³-hybridized carbons (Fsp3) is 0.238. The first-order chi connectivity index (χ1) is 13.2. The lowest BCUT2D eigenvalue weighted by Gasteiger charge is -2.13. The van der Waals surface area contributed by atoms with Crippen LogP contribution in [0.4, 0.5) is 11.6 Å². The summed E-state index contributed by atoms with van der Waals surface area (Å²) in [6.07, 6.45) is 4.60. The molecule has 0 radical (unpaired) electrons. The SMILES string of the molecule is COc1ccnc2c1C(Cc1ccc(NCc3ccc(Cl)cc3)nc1)CN2. The van der Waals surface area contributed by atoms with Crippen molar-refractivity contribution in [3.05, 3.63) is 76.6 Å². The van der Waals surface area contributed by atoms with E-state index in [1.807, 2.05) is 42.6 Å². The molecule has 1 aliphatic heterocycles. The number of anilines is 2. The molecule has 138 valence electrons. The van der Waals surface area contributed by atoms with Crippen LogP contribution in [-0.2, 0) is 13.0 Å². The second-order valence-electron chi connectivity index (χ2n) is 6.59. The molecule has 1 atom stereocenters. The molecule has 0 saturated carbocycles. The first-order valence-electron chi connectivity index (χ1n) is 8.93. The molecule has 0 aliphatic carbocycles. The number of nitrogens with zero attached hydrogens (tertiary/aromatic N) is 2. The van der Waals surface area contributed by atoms with Crippen molar-refractivity contribution in [2.45, 2.75) is 18.9 Å². The number of fused-ring (bicyclic) bond motifs is 1. The van der Waals surface area contributed by atoms with Crippen LogP contribution in [0.1, 0.15) is 22.6 Å². The number of hydrogen-bond acceptors (Lipinski definition) is 5. The minimum Gasteiger partial charge on any atom is -0.496 e. The highest BCUT2D eigenvalue weighted by molar-refractivity contribution is 6.30. The zero-order valence-corrected chi connectivity index (χ0v) is 15.8. The van der Waals surface area contributed by atoms with Crippen molar-refractivity contribution in [3.8, 4) is 5.75 Å². The maximum absolute atomic E-state index is 5.92. The van der Waals surface area contributed by atoms with Gasteiger partial charge in [-0.1, -0.05) is 29.8 Å². The van der Waals surface area contributed by atoms with Gasteiger partial charge in [-0.25, -0.2) is 9.97 Å². The Morgan fingerprint density at radius 3 is 2.67 bits per heavy atom. The van der Waals surface area contributed by atoms with Gasteiger partial charge in [0.25, 0.3) is 0 Å². The predicted octanol–water partition coefficient (Wildman–Crippen LogP) is 4.50. The van der Waals surface area contributed by atoms with Gasteiger partial charge < -0.3 is 15.4 Å². The summed E-state index contributed by atoms with van der Waals surface area (Å²) in [5.74, 6) is 3.01. The number of pyridine rings is 2. The molecule has 3 aromatic rings.